The summed E-state index contributed by atoms with van der Waals surface area (Å²) in [4.78, 5) is 28.4. The Labute approximate surface area is 138 Å². The van der Waals surface area contributed by atoms with E-state index < -0.39 is 0 Å². The molecule has 1 fully saturated rings. The van der Waals surface area contributed by atoms with Gasteiger partial charge in [0.2, 0.25) is 0 Å². The highest BCUT2D eigenvalue weighted by molar-refractivity contribution is 5.94. The van der Waals surface area contributed by atoms with Gasteiger partial charge in [-0.15, -0.1) is 0 Å². The van der Waals surface area contributed by atoms with Crippen molar-refractivity contribution in [3.63, 3.8) is 0 Å². The normalized spacial score (nSPS) is 16.3. The van der Waals surface area contributed by atoms with Crippen molar-refractivity contribution in [2.45, 2.75) is 32.8 Å². The van der Waals surface area contributed by atoms with E-state index in [1.54, 1.807) is 12.0 Å². The number of carbonyl (C=O) groups is 2. The van der Waals surface area contributed by atoms with Crippen LogP contribution in [0.3, 0.4) is 0 Å². The number of carbonyl (C=O) groups excluding carboxylic acids is 2. The molecular formula is C18H26N2O3. The molecule has 2 amide bonds. The molecular weight excluding hydrogens is 292 g/mol. The highest BCUT2D eigenvalue weighted by Gasteiger charge is 2.28. The van der Waals surface area contributed by atoms with E-state index in [0.29, 0.717) is 38.2 Å². The zero-order chi connectivity index (χ0) is 16.8. The first-order chi connectivity index (χ1) is 11.1. The maximum atomic E-state index is 12.5. The van der Waals surface area contributed by atoms with E-state index in [9.17, 15) is 9.59 Å². The van der Waals surface area contributed by atoms with Gasteiger partial charge in [-0.3, -0.25) is 9.59 Å². The third kappa shape index (κ3) is 4.10. The van der Waals surface area contributed by atoms with Crippen molar-refractivity contribution in [3.8, 4) is 0 Å². The van der Waals surface area contributed by atoms with Crippen LogP contribution in [-0.4, -0.2) is 61.0 Å². The maximum Gasteiger partial charge on any atom is 0.253 e. The van der Waals surface area contributed by atoms with Crippen molar-refractivity contribution in [2.75, 3.05) is 33.3 Å². The van der Waals surface area contributed by atoms with Crippen LogP contribution in [0.5, 0.6) is 0 Å². The van der Waals surface area contributed by atoms with Gasteiger partial charge in [-0.25, -0.2) is 0 Å². The number of methoxy groups -OCH3 is 1. The molecule has 1 aromatic carbocycles. The highest BCUT2D eigenvalue weighted by atomic mass is 16.5. The number of hydrogen-bond donors (Lipinski definition) is 0. The first-order valence-electron chi connectivity index (χ1n) is 8.30. The molecule has 0 aromatic heterocycles. The van der Waals surface area contributed by atoms with E-state index in [4.69, 9.17) is 4.74 Å². The number of hydrogen-bond acceptors (Lipinski definition) is 3. The van der Waals surface area contributed by atoms with Crippen LogP contribution < -0.4 is 0 Å². The minimum Gasteiger partial charge on any atom is -0.372 e. The summed E-state index contributed by atoms with van der Waals surface area (Å²) in [5.74, 6) is 0.0629. The van der Waals surface area contributed by atoms with Gasteiger partial charge < -0.3 is 14.5 Å². The quantitative estimate of drug-likeness (QED) is 0.834. The number of nitrogens with zero attached hydrogens (tertiary/aromatic N) is 2. The summed E-state index contributed by atoms with van der Waals surface area (Å²) < 4.78 is 5.21. The van der Waals surface area contributed by atoms with Crippen molar-refractivity contribution >= 4 is 11.8 Å². The largest absolute Gasteiger partial charge is 0.372 e. The average molecular weight is 318 g/mol. The van der Waals surface area contributed by atoms with Crippen LogP contribution in [0.15, 0.2) is 24.3 Å². The van der Waals surface area contributed by atoms with Gasteiger partial charge in [0, 0.05) is 38.9 Å². The van der Waals surface area contributed by atoms with Crippen LogP contribution in [0.2, 0.25) is 0 Å². The zero-order valence-corrected chi connectivity index (χ0v) is 14.2. The van der Waals surface area contributed by atoms with Crippen LogP contribution in [0.4, 0.5) is 0 Å². The Bertz CT molecular complexity index is 530. The zero-order valence-electron chi connectivity index (χ0n) is 14.2. The first-order valence-corrected chi connectivity index (χ1v) is 8.30. The molecule has 1 heterocycles. The van der Waals surface area contributed by atoms with Gasteiger partial charge in [0.15, 0.2) is 0 Å². The van der Waals surface area contributed by atoms with Crippen molar-refractivity contribution in [3.05, 3.63) is 35.4 Å². The molecule has 2 rings (SSSR count). The van der Waals surface area contributed by atoms with E-state index in [1.165, 1.54) is 5.56 Å². The molecule has 1 aliphatic heterocycles. The highest BCUT2D eigenvalue weighted by Crippen LogP contribution is 2.12. The second-order valence-electron chi connectivity index (χ2n) is 5.80. The Morgan fingerprint density at radius 3 is 2.09 bits per heavy atom. The standard InChI is InChI=1S/C18H26N2O3/c1-4-14-6-8-15(9-7-14)17(21)19-10-12-20(13-11-19)18(22)16(5-2)23-3/h6-9,16H,4-5,10-13H2,1-3H3/t16-/m1/s1. The van der Waals surface area contributed by atoms with Crippen LogP contribution >= 0.6 is 0 Å². The van der Waals surface area contributed by atoms with Crippen molar-refractivity contribution in [1.29, 1.82) is 0 Å². The minimum absolute atomic E-state index is 0.0226. The van der Waals surface area contributed by atoms with Crippen molar-refractivity contribution in [2.24, 2.45) is 0 Å². The van der Waals surface area contributed by atoms with Crippen LogP contribution in [0.1, 0.15) is 36.2 Å². The molecule has 0 aliphatic carbocycles. The summed E-state index contributed by atoms with van der Waals surface area (Å²) in [6.07, 6.45) is 1.25. The molecule has 5 nitrogen and oxygen atoms in total. The maximum absolute atomic E-state index is 12.5. The molecule has 1 aromatic rings. The Balaban J connectivity index is 1.93. The molecule has 1 aliphatic rings. The van der Waals surface area contributed by atoms with Gasteiger partial charge >= 0.3 is 0 Å². The molecule has 0 saturated carbocycles. The number of ether oxygens (including phenoxy) is 1. The predicted octanol–water partition coefficient (Wildman–Crippen LogP) is 1.96. The Hall–Kier alpha value is -1.88. The smallest absolute Gasteiger partial charge is 0.253 e. The lowest BCUT2D eigenvalue weighted by Crippen LogP contribution is -2.53. The lowest BCUT2D eigenvalue weighted by Gasteiger charge is -2.36. The molecule has 126 valence electrons. The summed E-state index contributed by atoms with van der Waals surface area (Å²) in [5, 5.41) is 0. The number of benzene rings is 1. The Morgan fingerprint density at radius 1 is 1.04 bits per heavy atom. The number of piperazine rings is 1. The molecule has 0 N–H and O–H groups in total. The lowest BCUT2D eigenvalue weighted by molar-refractivity contribution is -0.143. The predicted molar refractivity (Wildman–Crippen MR) is 89.4 cm³/mol. The Kier molecular flexibility index (Phi) is 6.16. The summed E-state index contributed by atoms with van der Waals surface area (Å²) >= 11 is 0. The SMILES string of the molecule is CCc1ccc(C(=O)N2CCN(C(=O)[C@@H](CC)OC)CC2)cc1. The third-order valence-electron chi connectivity index (χ3n) is 4.42. The summed E-state index contributed by atoms with van der Waals surface area (Å²) in [6.45, 7) is 6.30. The van der Waals surface area contributed by atoms with Gasteiger partial charge in [-0.05, 0) is 30.5 Å². The van der Waals surface area contributed by atoms with E-state index in [1.807, 2.05) is 36.1 Å². The van der Waals surface area contributed by atoms with Crippen LogP contribution in [-0.2, 0) is 16.0 Å². The van der Waals surface area contributed by atoms with E-state index in [0.717, 1.165) is 6.42 Å². The minimum atomic E-state index is -0.376. The van der Waals surface area contributed by atoms with Gasteiger partial charge in [-0.1, -0.05) is 26.0 Å². The lowest BCUT2D eigenvalue weighted by atomic mass is 10.1. The average Bonchev–Trinajstić information content (AvgIpc) is 2.62. The Morgan fingerprint density at radius 2 is 1.61 bits per heavy atom. The molecule has 0 unspecified atom stereocenters. The summed E-state index contributed by atoms with van der Waals surface area (Å²) in [7, 11) is 1.56. The molecule has 0 spiro atoms. The fraction of sp³-hybridized carbons (Fsp3) is 0.556. The monoisotopic (exact) mass is 318 g/mol. The van der Waals surface area contributed by atoms with E-state index in [-0.39, 0.29) is 17.9 Å². The third-order valence-corrected chi connectivity index (χ3v) is 4.42. The van der Waals surface area contributed by atoms with Crippen LogP contribution in [0, 0.1) is 0 Å². The molecule has 1 atom stereocenters. The van der Waals surface area contributed by atoms with Gasteiger partial charge in [0.25, 0.3) is 11.8 Å². The van der Waals surface area contributed by atoms with Crippen molar-refractivity contribution < 1.29 is 14.3 Å². The second-order valence-corrected chi connectivity index (χ2v) is 5.80. The summed E-state index contributed by atoms with van der Waals surface area (Å²) in [5.41, 5.74) is 1.94. The molecule has 1 saturated heterocycles. The second kappa shape index (κ2) is 8.11. The van der Waals surface area contributed by atoms with Crippen LogP contribution in [0.25, 0.3) is 0 Å². The van der Waals surface area contributed by atoms with Gasteiger partial charge in [0.1, 0.15) is 6.10 Å². The molecule has 5 heteroatoms. The first kappa shape index (κ1) is 17.5. The number of aryl methyl sites for hydroxylation is 1. The molecule has 0 bridgehead atoms. The van der Waals surface area contributed by atoms with Crippen molar-refractivity contribution in [1.82, 2.24) is 9.80 Å². The molecule has 23 heavy (non-hydrogen) atoms. The fourth-order valence-electron chi connectivity index (χ4n) is 2.84. The number of rotatable bonds is 5. The van der Waals surface area contributed by atoms with E-state index in [2.05, 4.69) is 6.92 Å². The van der Waals surface area contributed by atoms with Gasteiger partial charge in [-0.2, -0.15) is 0 Å². The van der Waals surface area contributed by atoms with E-state index >= 15 is 0 Å². The number of amides is 2. The van der Waals surface area contributed by atoms with Gasteiger partial charge in [0.05, 0.1) is 0 Å². The topological polar surface area (TPSA) is 49.9 Å². The fourth-order valence-corrected chi connectivity index (χ4v) is 2.84. The molecule has 0 radical (unpaired) electrons. The summed E-state index contributed by atoms with van der Waals surface area (Å²) in [6, 6.07) is 7.77.